The van der Waals surface area contributed by atoms with Crippen LogP contribution in [0.3, 0.4) is 0 Å². The monoisotopic (exact) mass is 288 g/mol. The van der Waals surface area contributed by atoms with Gasteiger partial charge >= 0.3 is 0 Å². The largest absolute Gasteiger partial charge is 0.384 e. The van der Waals surface area contributed by atoms with Gasteiger partial charge < -0.3 is 15.3 Å². The molecule has 3 rings (SSSR count). The van der Waals surface area contributed by atoms with Crippen molar-refractivity contribution in [1.29, 1.82) is 0 Å². The van der Waals surface area contributed by atoms with Gasteiger partial charge in [-0.15, -0.1) is 0 Å². The number of hydrogen-bond acceptors (Lipinski definition) is 3. The third-order valence-corrected chi connectivity index (χ3v) is 4.93. The number of benzene rings is 1. The highest BCUT2D eigenvalue weighted by Gasteiger charge is 2.28. The highest BCUT2D eigenvalue weighted by molar-refractivity contribution is 5.21. The van der Waals surface area contributed by atoms with Crippen molar-refractivity contribution in [2.75, 3.05) is 26.2 Å². The molecule has 1 saturated heterocycles. The SMILES string of the molecule is CC(O)(CNC1CCN(CC2CC2)CC1)c1ccccc1. The van der Waals surface area contributed by atoms with E-state index in [1.165, 1.54) is 45.3 Å². The summed E-state index contributed by atoms with van der Waals surface area (Å²) in [6.07, 6.45) is 5.30. The van der Waals surface area contributed by atoms with Gasteiger partial charge in [-0.1, -0.05) is 30.3 Å². The Balaban J connectivity index is 1.43. The Bertz CT molecular complexity index is 434. The highest BCUT2D eigenvalue weighted by Crippen LogP contribution is 2.30. The molecule has 1 aromatic carbocycles. The molecule has 116 valence electrons. The van der Waals surface area contributed by atoms with Gasteiger partial charge in [0.2, 0.25) is 0 Å². The smallest absolute Gasteiger partial charge is 0.0992 e. The summed E-state index contributed by atoms with van der Waals surface area (Å²) in [5.41, 5.74) is 0.204. The van der Waals surface area contributed by atoms with Gasteiger partial charge in [-0.05, 0) is 57.2 Å². The molecule has 0 aromatic heterocycles. The van der Waals surface area contributed by atoms with Crippen LogP contribution in [0.2, 0.25) is 0 Å². The van der Waals surface area contributed by atoms with E-state index in [1.54, 1.807) is 0 Å². The first-order chi connectivity index (χ1) is 10.1. The molecule has 2 N–H and O–H groups in total. The van der Waals surface area contributed by atoms with Gasteiger partial charge in [0.15, 0.2) is 0 Å². The lowest BCUT2D eigenvalue weighted by Crippen LogP contribution is -2.47. The second kappa shape index (κ2) is 6.47. The van der Waals surface area contributed by atoms with Gasteiger partial charge in [-0.25, -0.2) is 0 Å². The Kier molecular flexibility index (Phi) is 4.63. The Morgan fingerprint density at radius 2 is 1.81 bits per heavy atom. The van der Waals surface area contributed by atoms with E-state index in [1.807, 2.05) is 37.3 Å². The van der Waals surface area contributed by atoms with E-state index in [-0.39, 0.29) is 0 Å². The summed E-state index contributed by atoms with van der Waals surface area (Å²) in [5.74, 6) is 0.994. The molecule has 0 spiro atoms. The predicted octanol–water partition coefficient (Wildman–Crippen LogP) is 2.36. The summed E-state index contributed by atoms with van der Waals surface area (Å²) >= 11 is 0. The van der Waals surface area contributed by atoms with E-state index in [2.05, 4.69) is 10.2 Å². The van der Waals surface area contributed by atoms with E-state index < -0.39 is 5.60 Å². The van der Waals surface area contributed by atoms with Gasteiger partial charge in [0.05, 0.1) is 5.60 Å². The van der Waals surface area contributed by atoms with Crippen LogP contribution in [0.1, 0.15) is 38.2 Å². The fraction of sp³-hybridized carbons (Fsp3) is 0.667. The first-order valence-corrected chi connectivity index (χ1v) is 8.37. The van der Waals surface area contributed by atoms with E-state index in [0.717, 1.165) is 11.5 Å². The third-order valence-electron chi connectivity index (χ3n) is 4.93. The summed E-state index contributed by atoms with van der Waals surface area (Å²) in [4.78, 5) is 2.62. The van der Waals surface area contributed by atoms with Crippen molar-refractivity contribution in [2.45, 2.75) is 44.2 Å². The molecule has 1 atom stereocenters. The van der Waals surface area contributed by atoms with Gasteiger partial charge in [0.1, 0.15) is 0 Å². The molecule has 1 aliphatic carbocycles. The number of piperidine rings is 1. The third kappa shape index (κ3) is 4.29. The molecule has 21 heavy (non-hydrogen) atoms. The number of nitrogens with zero attached hydrogens (tertiary/aromatic N) is 1. The standard InChI is InChI=1S/C18H28N2O/c1-18(21,16-5-3-2-4-6-16)14-19-17-9-11-20(12-10-17)13-15-7-8-15/h2-6,15,17,19,21H,7-14H2,1H3. The fourth-order valence-electron chi connectivity index (χ4n) is 3.23. The lowest BCUT2D eigenvalue weighted by Gasteiger charge is -2.34. The molecule has 2 aliphatic rings. The van der Waals surface area contributed by atoms with Gasteiger partial charge in [0, 0.05) is 19.1 Å². The second-order valence-corrected chi connectivity index (χ2v) is 7.04. The van der Waals surface area contributed by atoms with E-state index >= 15 is 0 Å². The van der Waals surface area contributed by atoms with Crippen molar-refractivity contribution < 1.29 is 5.11 Å². The van der Waals surface area contributed by atoms with Crippen LogP contribution in [-0.2, 0) is 5.60 Å². The maximum atomic E-state index is 10.6. The number of nitrogens with one attached hydrogen (secondary N) is 1. The van der Waals surface area contributed by atoms with Crippen LogP contribution < -0.4 is 5.32 Å². The van der Waals surface area contributed by atoms with Crippen LogP contribution in [0.5, 0.6) is 0 Å². The van der Waals surface area contributed by atoms with Crippen LogP contribution in [0.25, 0.3) is 0 Å². The Labute approximate surface area is 128 Å². The minimum atomic E-state index is -0.785. The van der Waals surface area contributed by atoms with Crippen LogP contribution >= 0.6 is 0 Å². The molecule has 3 nitrogen and oxygen atoms in total. The quantitative estimate of drug-likeness (QED) is 0.843. The van der Waals surface area contributed by atoms with Crippen LogP contribution in [-0.4, -0.2) is 42.2 Å². The normalized spacial score (nSPS) is 23.9. The average Bonchev–Trinajstić information content (AvgIpc) is 3.32. The molecular formula is C18H28N2O. The zero-order valence-corrected chi connectivity index (χ0v) is 13.1. The Morgan fingerprint density at radius 3 is 2.43 bits per heavy atom. The molecule has 0 radical (unpaired) electrons. The van der Waals surface area contributed by atoms with Gasteiger partial charge in [-0.3, -0.25) is 0 Å². The van der Waals surface area contributed by atoms with E-state index in [0.29, 0.717) is 12.6 Å². The number of likely N-dealkylation sites (tertiary alicyclic amines) is 1. The lowest BCUT2D eigenvalue weighted by atomic mass is 9.95. The summed E-state index contributed by atoms with van der Waals surface area (Å²) < 4.78 is 0. The van der Waals surface area contributed by atoms with Crippen molar-refractivity contribution in [1.82, 2.24) is 10.2 Å². The van der Waals surface area contributed by atoms with Crippen molar-refractivity contribution in [3.8, 4) is 0 Å². The summed E-state index contributed by atoms with van der Waals surface area (Å²) in [5, 5.41) is 14.2. The zero-order chi connectivity index (χ0) is 14.7. The van der Waals surface area contributed by atoms with Crippen LogP contribution in [0, 0.1) is 5.92 Å². The zero-order valence-electron chi connectivity index (χ0n) is 13.1. The van der Waals surface area contributed by atoms with E-state index in [4.69, 9.17) is 0 Å². The first-order valence-electron chi connectivity index (χ1n) is 8.37. The maximum absolute atomic E-state index is 10.6. The topological polar surface area (TPSA) is 35.5 Å². The summed E-state index contributed by atoms with van der Waals surface area (Å²) in [7, 11) is 0. The molecular weight excluding hydrogens is 260 g/mol. The molecule has 0 bridgehead atoms. The van der Waals surface area contributed by atoms with Crippen molar-refractivity contribution in [2.24, 2.45) is 5.92 Å². The highest BCUT2D eigenvalue weighted by atomic mass is 16.3. The summed E-state index contributed by atoms with van der Waals surface area (Å²) in [6.45, 7) is 6.26. The number of hydrogen-bond donors (Lipinski definition) is 2. The lowest BCUT2D eigenvalue weighted by molar-refractivity contribution is 0.0500. The minimum absolute atomic E-state index is 0.552. The minimum Gasteiger partial charge on any atom is -0.384 e. The first kappa shape index (κ1) is 15.0. The molecule has 1 unspecified atom stereocenters. The summed E-state index contributed by atoms with van der Waals surface area (Å²) in [6, 6.07) is 10.5. The molecule has 1 aliphatic heterocycles. The van der Waals surface area contributed by atoms with Crippen LogP contribution in [0.4, 0.5) is 0 Å². The van der Waals surface area contributed by atoms with E-state index in [9.17, 15) is 5.11 Å². The molecule has 1 saturated carbocycles. The molecule has 2 fully saturated rings. The molecule has 0 amide bonds. The predicted molar refractivity (Wildman–Crippen MR) is 86.2 cm³/mol. The van der Waals surface area contributed by atoms with Gasteiger partial charge in [0.25, 0.3) is 0 Å². The number of aliphatic hydroxyl groups is 1. The van der Waals surface area contributed by atoms with Crippen molar-refractivity contribution in [3.05, 3.63) is 35.9 Å². The Morgan fingerprint density at radius 1 is 1.14 bits per heavy atom. The second-order valence-electron chi connectivity index (χ2n) is 7.04. The van der Waals surface area contributed by atoms with Crippen LogP contribution in [0.15, 0.2) is 30.3 Å². The molecule has 1 heterocycles. The molecule has 1 aromatic rings. The number of rotatable bonds is 6. The molecule has 3 heteroatoms. The van der Waals surface area contributed by atoms with Gasteiger partial charge in [-0.2, -0.15) is 0 Å². The Hall–Kier alpha value is -0.900. The van der Waals surface area contributed by atoms with Crippen molar-refractivity contribution >= 4 is 0 Å². The average molecular weight is 288 g/mol. The fourth-order valence-corrected chi connectivity index (χ4v) is 3.23. The van der Waals surface area contributed by atoms with Crippen molar-refractivity contribution in [3.63, 3.8) is 0 Å². The maximum Gasteiger partial charge on any atom is 0.0992 e.